The van der Waals surface area contributed by atoms with Crippen molar-refractivity contribution in [3.05, 3.63) is 70.8 Å². The fraction of sp³-hybridized carbons (Fsp3) is 0.448. The average molecular weight is 585 g/mol. The number of benzene rings is 1. The van der Waals surface area contributed by atoms with Crippen molar-refractivity contribution >= 4 is 34.8 Å². The van der Waals surface area contributed by atoms with E-state index >= 15 is 0 Å². The van der Waals surface area contributed by atoms with Gasteiger partial charge in [-0.25, -0.2) is 8.78 Å². The quantitative estimate of drug-likeness (QED) is 0.416. The monoisotopic (exact) mass is 584 g/mol. The third kappa shape index (κ3) is 5.05. The second-order valence-corrected chi connectivity index (χ2v) is 11.6. The van der Waals surface area contributed by atoms with Crippen LogP contribution in [-0.4, -0.2) is 64.0 Å². The van der Waals surface area contributed by atoms with E-state index in [0.29, 0.717) is 39.0 Å². The van der Waals surface area contributed by atoms with Crippen LogP contribution in [0.4, 0.5) is 20.2 Å². The summed E-state index contributed by atoms with van der Waals surface area (Å²) in [7, 11) is 0. The summed E-state index contributed by atoms with van der Waals surface area (Å²) in [6, 6.07) is 9.06. The number of alkyl halides is 2. The molecule has 1 saturated heterocycles. The lowest BCUT2D eigenvalue weighted by molar-refractivity contribution is -0.124. The molecule has 1 saturated carbocycles. The predicted molar refractivity (Wildman–Crippen MR) is 149 cm³/mol. The third-order valence-corrected chi connectivity index (χ3v) is 8.77. The van der Waals surface area contributed by atoms with Crippen LogP contribution >= 0.6 is 11.6 Å². The molecule has 0 unspecified atom stereocenters. The number of nitrogens with zero attached hydrogens (tertiary/aromatic N) is 5. The van der Waals surface area contributed by atoms with Crippen LogP contribution in [0.25, 0.3) is 0 Å². The SMILES string of the molecule is O=C(N[C@H]1CC[C@H](CN2C(=O)C3(CN(c4cnn(CCO)c4)C3)c3ccccc32)CC1)c1cc(Cl)cnc1C(F)F. The molecule has 9 nitrogen and oxygen atoms in total. The van der Waals surface area contributed by atoms with Gasteiger partial charge in [0, 0.05) is 43.8 Å². The van der Waals surface area contributed by atoms with Crippen molar-refractivity contribution < 1.29 is 23.5 Å². The van der Waals surface area contributed by atoms with Crippen molar-refractivity contribution in [3.63, 3.8) is 0 Å². The van der Waals surface area contributed by atoms with Crippen molar-refractivity contribution in [1.82, 2.24) is 20.1 Å². The summed E-state index contributed by atoms with van der Waals surface area (Å²) >= 11 is 5.91. The van der Waals surface area contributed by atoms with Crippen LogP contribution in [0.15, 0.2) is 48.9 Å². The first-order valence-electron chi connectivity index (χ1n) is 13.8. The van der Waals surface area contributed by atoms with E-state index in [0.717, 1.165) is 36.0 Å². The summed E-state index contributed by atoms with van der Waals surface area (Å²) in [5, 5.41) is 16.5. The molecular formula is C29H31ClF2N6O3. The number of carbonyl (C=O) groups is 2. The normalized spacial score (nSPS) is 21.3. The van der Waals surface area contributed by atoms with Crippen molar-refractivity contribution in [1.29, 1.82) is 0 Å². The fourth-order valence-corrected chi connectivity index (χ4v) is 6.59. The number of hydrogen-bond donors (Lipinski definition) is 2. The number of aromatic nitrogens is 3. The minimum atomic E-state index is -2.88. The van der Waals surface area contributed by atoms with Gasteiger partial charge in [0.1, 0.15) is 11.1 Å². The van der Waals surface area contributed by atoms with Gasteiger partial charge in [0.05, 0.1) is 35.6 Å². The van der Waals surface area contributed by atoms with Crippen molar-refractivity contribution in [2.75, 3.05) is 36.0 Å². The summed E-state index contributed by atoms with van der Waals surface area (Å²) in [6.07, 6.45) is 4.87. The van der Waals surface area contributed by atoms with Gasteiger partial charge in [0.2, 0.25) is 5.91 Å². The van der Waals surface area contributed by atoms with E-state index in [9.17, 15) is 23.5 Å². The average Bonchev–Trinajstić information content (AvgIpc) is 3.49. The Kier molecular flexibility index (Phi) is 7.41. The number of para-hydroxylation sites is 1. The number of hydrogen-bond acceptors (Lipinski definition) is 6. The highest BCUT2D eigenvalue weighted by Gasteiger charge is 2.58. The Hall–Kier alpha value is -3.57. The van der Waals surface area contributed by atoms with Crippen molar-refractivity contribution in [3.8, 4) is 0 Å². The minimum absolute atomic E-state index is 0.0131. The lowest BCUT2D eigenvalue weighted by atomic mass is 9.74. The molecule has 6 rings (SSSR count). The van der Waals surface area contributed by atoms with Gasteiger partial charge in [-0.05, 0) is 49.3 Å². The highest BCUT2D eigenvalue weighted by molar-refractivity contribution is 6.30. The number of nitrogens with one attached hydrogen (secondary N) is 1. The molecule has 216 valence electrons. The Morgan fingerprint density at radius 3 is 2.66 bits per heavy atom. The highest BCUT2D eigenvalue weighted by Crippen LogP contribution is 2.49. The molecule has 2 aliphatic heterocycles. The van der Waals surface area contributed by atoms with Gasteiger partial charge in [-0.3, -0.25) is 19.3 Å². The van der Waals surface area contributed by atoms with Crippen LogP contribution in [-0.2, 0) is 16.8 Å². The molecule has 4 heterocycles. The predicted octanol–water partition coefficient (Wildman–Crippen LogP) is 3.95. The van der Waals surface area contributed by atoms with Crippen LogP contribution in [0.2, 0.25) is 5.02 Å². The van der Waals surface area contributed by atoms with Crippen LogP contribution in [0.5, 0.6) is 0 Å². The Morgan fingerprint density at radius 1 is 1.17 bits per heavy atom. The standard InChI is InChI=1S/C29H31ClF2N6O3/c30-19-11-22(25(26(31)32)33-12-19)27(40)35-20-7-5-18(6-8-20)14-38-24-4-2-1-3-23(24)29(28(38)41)16-36(17-29)21-13-34-37(15-21)9-10-39/h1-4,11-13,15,18,20,26,39H,5-10,14,16-17H2,(H,35,40)/t18-,20-. The number of rotatable bonds is 8. The number of pyridine rings is 1. The smallest absolute Gasteiger partial charge is 0.281 e. The molecular weight excluding hydrogens is 554 g/mol. The third-order valence-electron chi connectivity index (χ3n) is 8.56. The molecule has 3 aliphatic rings. The molecule has 1 aromatic carbocycles. The van der Waals surface area contributed by atoms with E-state index in [1.54, 1.807) is 10.9 Å². The van der Waals surface area contributed by atoms with E-state index < -0.39 is 23.4 Å². The van der Waals surface area contributed by atoms with Gasteiger partial charge in [0.15, 0.2) is 0 Å². The number of aliphatic hydroxyl groups is 1. The fourth-order valence-electron chi connectivity index (χ4n) is 6.43. The lowest BCUT2D eigenvalue weighted by Crippen LogP contribution is -2.64. The molecule has 12 heteroatoms. The van der Waals surface area contributed by atoms with Crippen molar-refractivity contribution in [2.45, 2.75) is 50.1 Å². The first-order valence-corrected chi connectivity index (χ1v) is 14.2. The lowest BCUT2D eigenvalue weighted by Gasteiger charge is -2.47. The molecule has 2 amide bonds. The van der Waals surface area contributed by atoms with Crippen LogP contribution < -0.4 is 15.1 Å². The number of fused-ring (bicyclic) bond motifs is 2. The van der Waals surface area contributed by atoms with Crippen LogP contribution in [0, 0.1) is 5.92 Å². The van der Waals surface area contributed by atoms with E-state index in [4.69, 9.17) is 11.6 Å². The van der Waals surface area contributed by atoms with E-state index in [1.807, 2.05) is 35.4 Å². The van der Waals surface area contributed by atoms with Gasteiger partial charge in [-0.15, -0.1) is 0 Å². The second kappa shape index (κ2) is 11.0. The zero-order valence-corrected chi connectivity index (χ0v) is 23.1. The van der Waals surface area contributed by atoms with Crippen LogP contribution in [0.3, 0.4) is 0 Å². The first-order chi connectivity index (χ1) is 19.8. The van der Waals surface area contributed by atoms with E-state index in [-0.39, 0.29) is 35.1 Å². The Bertz CT molecular complexity index is 1450. The molecule has 0 atom stereocenters. The number of amides is 2. The summed E-state index contributed by atoms with van der Waals surface area (Å²) in [5.41, 5.74) is 1.58. The number of aliphatic hydroxyl groups excluding tert-OH is 1. The zero-order valence-electron chi connectivity index (χ0n) is 22.3. The molecule has 2 N–H and O–H groups in total. The molecule has 41 heavy (non-hydrogen) atoms. The van der Waals surface area contributed by atoms with Gasteiger partial charge in [0.25, 0.3) is 12.3 Å². The van der Waals surface area contributed by atoms with Crippen molar-refractivity contribution in [2.24, 2.45) is 5.92 Å². The van der Waals surface area contributed by atoms with E-state index in [2.05, 4.69) is 20.3 Å². The number of anilines is 2. The second-order valence-electron chi connectivity index (χ2n) is 11.1. The zero-order chi connectivity index (χ0) is 28.7. The molecule has 2 aromatic heterocycles. The molecule has 1 aliphatic carbocycles. The van der Waals surface area contributed by atoms with Gasteiger partial charge in [-0.2, -0.15) is 5.10 Å². The van der Waals surface area contributed by atoms with E-state index in [1.165, 1.54) is 6.07 Å². The molecule has 1 spiro atoms. The highest BCUT2D eigenvalue weighted by atomic mass is 35.5. The maximum atomic E-state index is 13.9. The maximum absolute atomic E-state index is 13.9. The number of halogens is 3. The molecule has 0 bridgehead atoms. The molecule has 2 fully saturated rings. The van der Waals surface area contributed by atoms with Gasteiger partial charge in [-0.1, -0.05) is 29.8 Å². The Morgan fingerprint density at radius 2 is 1.93 bits per heavy atom. The largest absolute Gasteiger partial charge is 0.394 e. The summed E-state index contributed by atoms with van der Waals surface area (Å²) in [6.45, 7) is 2.18. The number of carbonyl (C=O) groups excluding carboxylic acids is 2. The van der Waals surface area contributed by atoms with Crippen LogP contribution in [0.1, 0.15) is 53.7 Å². The topological polar surface area (TPSA) is 104 Å². The first kappa shape index (κ1) is 27.6. The Balaban J connectivity index is 1.08. The van der Waals surface area contributed by atoms with Gasteiger partial charge >= 0.3 is 0 Å². The van der Waals surface area contributed by atoms with Gasteiger partial charge < -0.3 is 20.2 Å². The summed E-state index contributed by atoms with van der Waals surface area (Å²) in [5.74, 6) is -0.227. The minimum Gasteiger partial charge on any atom is -0.394 e. The molecule has 0 radical (unpaired) electrons. The summed E-state index contributed by atoms with van der Waals surface area (Å²) < 4.78 is 28.4. The maximum Gasteiger partial charge on any atom is 0.281 e. The molecule has 3 aromatic rings. The Labute approximate surface area is 241 Å². The summed E-state index contributed by atoms with van der Waals surface area (Å²) in [4.78, 5) is 34.4.